The smallest absolute Gasteiger partial charge is 0.200 e. The SMILES string of the molecule is Cc1ccc(N2c3cc4c(c5c3[P+]3(S)c6c(cc(C)cc6Oc6c7c(cc2c63)-c2ccccc2C7(C)C)O5)C(C)(C)c2ccccc2-4)cc1. The molecule has 0 fully saturated rings. The zero-order valence-electron chi connectivity index (χ0n) is 28.4. The lowest BCUT2D eigenvalue weighted by molar-refractivity contribution is 0.450. The highest BCUT2D eigenvalue weighted by atomic mass is 32.7. The number of aryl methyl sites for hydroxylation is 2. The van der Waals surface area contributed by atoms with Crippen LogP contribution in [-0.4, -0.2) is 0 Å². The minimum atomic E-state index is -2.59. The molecule has 0 aromatic heterocycles. The van der Waals surface area contributed by atoms with E-state index < -0.39 is 6.46 Å². The predicted molar refractivity (Wildman–Crippen MR) is 207 cm³/mol. The zero-order valence-corrected chi connectivity index (χ0v) is 30.2. The summed E-state index contributed by atoms with van der Waals surface area (Å²) in [5, 5.41) is 3.52. The Morgan fingerprint density at radius 3 is 1.51 bits per heavy atom. The summed E-state index contributed by atoms with van der Waals surface area (Å²) in [5.41, 5.74) is 15.5. The van der Waals surface area contributed by atoms with Crippen molar-refractivity contribution in [2.75, 3.05) is 4.90 Å². The fraction of sp³-hybridized carbons (Fsp3) is 0.182. The molecular weight excluding hydrogens is 638 g/mol. The highest BCUT2D eigenvalue weighted by Crippen LogP contribution is 2.77. The number of thiol groups is 1. The van der Waals surface area contributed by atoms with Crippen molar-refractivity contribution < 1.29 is 9.47 Å². The average molecular weight is 673 g/mol. The van der Waals surface area contributed by atoms with Crippen LogP contribution in [0, 0.1) is 13.8 Å². The molecule has 0 unspecified atom stereocenters. The van der Waals surface area contributed by atoms with E-state index in [1.165, 1.54) is 60.7 Å². The van der Waals surface area contributed by atoms with Crippen LogP contribution >= 0.6 is 18.7 Å². The highest BCUT2D eigenvalue weighted by Gasteiger charge is 2.65. The summed E-state index contributed by atoms with van der Waals surface area (Å²) in [4.78, 5) is 2.48. The molecule has 0 saturated heterocycles. The van der Waals surface area contributed by atoms with E-state index in [1.807, 2.05) is 0 Å². The monoisotopic (exact) mass is 672 g/mol. The number of fused-ring (bicyclic) bond motifs is 8. The number of nitrogens with zero attached hydrogens (tertiary/aromatic N) is 1. The van der Waals surface area contributed by atoms with Gasteiger partial charge in [0, 0.05) is 39.9 Å². The van der Waals surface area contributed by atoms with Gasteiger partial charge in [0.25, 0.3) is 0 Å². The van der Waals surface area contributed by atoms with Gasteiger partial charge in [-0.25, -0.2) is 0 Å². The largest absolute Gasteiger partial charge is 0.448 e. The van der Waals surface area contributed by atoms with Gasteiger partial charge in [-0.3, -0.25) is 0 Å². The molecule has 5 heteroatoms. The lowest BCUT2D eigenvalue weighted by atomic mass is 9.81. The molecule has 0 atom stereocenters. The zero-order chi connectivity index (χ0) is 33.4. The number of ether oxygens (including phenoxy) is 2. The van der Waals surface area contributed by atoms with Gasteiger partial charge in [-0.1, -0.05) is 93.9 Å². The van der Waals surface area contributed by atoms with Gasteiger partial charge in [-0.15, -0.1) is 0 Å². The van der Waals surface area contributed by atoms with E-state index >= 15 is 0 Å². The summed E-state index contributed by atoms with van der Waals surface area (Å²) in [6.45, 7) is 11.1. The number of rotatable bonds is 1. The molecule has 6 aromatic rings. The van der Waals surface area contributed by atoms with Crippen molar-refractivity contribution >= 4 is 51.7 Å². The first-order chi connectivity index (χ1) is 23.5. The maximum absolute atomic E-state index is 7.26. The van der Waals surface area contributed by atoms with Crippen LogP contribution in [0.5, 0.6) is 23.0 Å². The third-order valence-electron chi connectivity index (χ3n) is 11.9. The molecule has 0 radical (unpaired) electrons. The topological polar surface area (TPSA) is 21.7 Å². The summed E-state index contributed by atoms with van der Waals surface area (Å²) < 4.78 is 14.5. The van der Waals surface area contributed by atoms with Crippen LogP contribution in [0.1, 0.15) is 61.1 Å². The molecule has 2 aliphatic carbocycles. The summed E-state index contributed by atoms with van der Waals surface area (Å²) >= 11 is 6.07. The van der Waals surface area contributed by atoms with E-state index in [0.717, 1.165) is 50.9 Å². The van der Waals surface area contributed by atoms with Gasteiger partial charge in [-0.05, 0) is 89.2 Å². The van der Waals surface area contributed by atoms with Crippen LogP contribution in [-0.2, 0) is 10.8 Å². The lowest BCUT2D eigenvalue weighted by Crippen LogP contribution is -2.45. The molecule has 0 N–H and O–H groups in total. The fourth-order valence-electron chi connectivity index (χ4n) is 9.74. The number of benzene rings is 6. The lowest BCUT2D eigenvalue weighted by Gasteiger charge is -2.44. The first-order valence-electron chi connectivity index (χ1n) is 17.1. The summed E-state index contributed by atoms with van der Waals surface area (Å²) in [6, 6.07) is 36.0. The van der Waals surface area contributed by atoms with E-state index in [-0.39, 0.29) is 10.8 Å². The Bertz CT molecular complexity index is 2400. The molecule has 3 nitrogen and oxygen atoms in total. The standard InChI is InChI=1S/C44H35NO2PS/c1-23-15-17-25(18-16-23)45-32-21-28-26-11-7-9-13-30(26)43(3,4)36(28)38-40(32)48(49)41-33(45)22-29-27-12-8-10-14-31(27)44(5,6)37(29)39(41)47-35-20-24(2)19-34(46-38)42(35)48/h7-22,49H,1-6H3/q+1. The fourth-order valence-corrected chi connectivity index (χ4v) is 14.9. The second-order valence-electron chi connectivity index (χ2n) is 15.5. The second kappa shape index (κ2) is 8.80. The molecular formula is C44H35NO2PS+. The highest BCUT2D eigenvalue weighted by molar-refractivity contribution is 8.61. The normalized spacial score (nSPS) is 17.7. The van der Waals surface area contributed by atoms with E-state index in [9.17, 15) is 0 Å². The van der Waals surface area contributed by atoms with Crippen molar-refractivity contribution in [3.05, 3.63) is 130 Å². The Hall–Kier alpha value is -4.50. The third-order valence-corrected chi connectivity index (χ3v) is 16.9. The molecule has 238 valence electrons. The van der Waals surface area contributed by atoms with Crippen molar-refractivity contribution in [3.8, 4) is 45.3 Å². The van der Waals surface area contributed by atoms with Gasteiger partial charge in [-0.2, -0.15) is 0 Å². The van der Waals surface area contributed by atoms with Gasteiger partial charge in [0.15, 0.2) is 40.1 Å². The number of hydrogen-bond donors (Lipinski definition) is 1. The molecule has 0 amide bonds. The van der Waals surface area contributed by atoms with Gasteiger partial charge in [0.1, 0.15) is 0 Å². The third kappa shape index (κ3) is 3.18. The Balaban J connectivity index is 1.36. The Morgan fingerprint density at radius 1 is 0.551 bits per heavy atom. The first-order valence-corrected chi connectivity index (χ1v) is 20.1. The predicted octanol–water partition coefficient (Wildman–Crippen LogP) is 11.0. The summed E-state index contributed by atoms with van der Waals surface area (Å²) in [7, 11) is 0. The van der Waals surface area contributed by atoms with Crippen LogP contribution in [0.3, 0.4) is 0 Å². The van der Waals surface area contributed by atoms with E-state index in [2.05, 4.69) is 144 Å². The maximum atomic E-state index is 7.26. The van der Waals surface area contributed by atoms with E-state index in [0.29, 0.717) is 0 Å². The van der Waals surface area contributed by atoms with Gasteiger partial charge < -0.3 is 14.4 Å². The molecule has 49 heavy (non-hydrogen) atoms. The average Bonchev–Trinajstić information content (AvgIpc) is 3.44. The molecule has 3 aliphatic heterocycles. The first kappa shape index (κ1) is 28.3. The molecule has 0 spiro atoms. The minimum Gasteiger partial charge on any atom is -0.448 e. The van der Waals surface area contributed by atoms with Crippen molar-refractivity contribution in [3.63, 3.8) is 0 Å². The molecule has 0 saturated carbocycles. The van der Waals surface area contributed by atoms with E-state index in [4.69, 9.17) is 21.7 Å². The Kier molecular flexibility index (Phi) is 5.09. The molecule has 0 bridgehead atoms. The van der Waals surface area contributed by atoms with Crippen molar-refractivity contribution in [1.82, 2.24) is 0 Å². The van der Waals surface area contributed by atoms with Crippen LogP contribution in [0.2, 0.25) is 0 Å². The quantitative estimate of drug-likeness (QED) is 0.139. The van der Waals surface area contributed by atoms with Crippen molar-refractivity contribution in [2.24, 2.45) is 0 Å². The maximum Gasteiger partial charge on any atom is 0.200 e. The molecule has 11 rings (SSSR count). The van der Waals surface area contributed by atoms with Gasteiger partial charge in [0.2, 0.25) is 5.30 Å². The molecule has 3 heterocycles. The Labute approximate surface area is 293 Å². The second-order valence-corrected chi connectivity index (χ2v) is 19.9. The van der Waals surface area contributed by atoms with Crippen molar-refractivity contribution in [1.29, 1.82) is 0 Å². The minimum absolute atomic E-state index is 0.251. The van der Waals surface area contributed by atoms with Gasteiger partial charge in [0.05, 0.1) is 11.4 Å². The molecule has 5 aliphatic rings. The van der Waals surface area contributed by atoms with Crippen LogP contribution in [0.15, 0.2) is 97.1 Å². The van der Waals surface area contributed by atoms with Crippen LogP contribution in [0.25, 0.3) is 22.3 Å². The Morgan fingerprint density at radius 2 is 1.02 bits per heavy atom. The summed E-state index contributed by atoms with van der Waals surface area (Å²) in [5.74, 6) is 3.69. The molecule has 6 aromatic carbocycles. The van der Waals surface area contributed by atoms with Crippen LogP contribution < -0.4 is 30.3 Å². The van der Waals surface area contributed by atoms with E-state index in [1.54, 1.807) is 0 Å². The van der Waals surface area contributed by atoms with Crippen LogP contribution in [0.4, 0.5) is 17.1 Å². The number of hydrogen-bond acceptors (Lipinski definition) is 4. The number of anilines is 3. The van der Waals surface area contributed by atoms with Crippen molar-refractivity contribution in [2.45, 2.75) is 52.4 Å². The van der Waals surface area contributed by atoms with Gasteiger partial charge >= 0.3 is 0 Å². The summed E-state index contributed by atoms with van der Waals surface area (Å²) in [6.07, 6.45) is 0.